The van der Waals surface area contributed by atoms with Crippen molar-refractivity contribution >= 4 is 11.6 Å². The first kappa shape index (κ1) is 19.5. The molecule has 1 aliphatic carbocycles. The number of hydrogen-bond donors (Lipinski definition) is 0. The average molecular weight is 416 g/mol. The number of amides is 1. The lowest BCUT2D eigenvalue weighted by Crippen LogP contribution is -2.50. The van der Waals surface area contributed by atoms with Crippen molar-refractivity contribution in [2.75, 3.05) is 40.3 Å². The van der Waals surface area contributed by atoms with Crippen LogP contribution < -0.4 is 4.74 Å². The van der Waals surface area contributed by atoms with Gasteiger partial charge in [-0.15, -0.1) is 5.10 Å². The molecule has 0 atom stereocenters. The van der Waals surface area contributed by atoms with E-state index in [0.717, 1.165) is 50.3 Å². The lowest BCUT2D eigenvalue weighted by atomic mass is 10.0. The number of carbonyl (C=O) groups is 1. The Morgan fingerprint density at radius 1 is 1.10 bits per heavy atom. The van der Waals surface area contributed by atoms with Crippen LogP contribution in [0, 0.1) is 11.3 Å². The molecule has 1 saturated carbocycles. The van der Waals surface area contributed by atoms with Crippen molar-refractivity contribution in [3.05, 3.63) is 47.8 Å². The van der Waals surface area contributed by atoms with Gasteiger partial charge in [-0.3, -0.25) is 4.79 Å². The molecule has 8 nitrogen and oxygen atoms in total. The zero-order valence-corrected chi connectivity index (χ0v) is 17.7. The van der Waals surface area contributed by atoms with E-state index in [1.54, 1.807) is 23.8 Å². The van der Waals surface area contributed by atoms with Gasteiger partial charge in [0.1, 0.15) is 5.41 Å². The maximum atomic E-state index is 13.4. The summed E-state index contributed by atoms with van der Waals surface area (Å²) in [7, 11) is 3.68. The van der Waals surface area contributed by atoms with Crippen molar-refractivity contribution in [3.8, 4) is 23.1 Å². The van der Waals surface area contributed by atoms with Crippen molar-refractivity contribution in [1.82, 2.24) is 24.4 Å². The summed E-state index contributed by atoms with van der Waals surface area (Å²) in [4.78, 5) is 22.4. The number of ether oxygens (including phenoxy) is 1. The van der Waals surface area contributed by atoms with Gasteiger partial charge in [0.15, 0.2) is 17.2 Å². The van der Waals surface area contributed by atoms with Gasteiger partial charge in [-0.05, 0) is 44.2 Å². The van der Waals surface area contributed by atoms with Crippen LogP contribution in [0.25, 0.3) is 16.9 Å². The molecule has 1 amide bonds. The van der Waals surface area contributed by atoms with E-state index in [0.29, 0.717) is 22.8 Å². The number of nitrogens with zero attached hydrogens (tertiary/aromatic N) is 6. The standard InChI is InChI=1S/C23H24N6O2/c1-27-11-13-28(14-12-27)22(30)23(9-10-23)21-25-20-19(31-2)8-7-18(29(20)26-21)17-5-3-16(15-24)4-6-17/h3-8H,9-14H2,1-2H3. The van der Waals surface area contributed by atoms with Gasteiger partial charge in [-0.25, -0.2) is 9.50 Å². The second-order valence-corrected chi connectivity index (χ2v) is 8.32. The van der Waals surface area contributed by atoms with E-state index in [-0.39, 0.29) is 5.91 Å². The molecule has 2 aliphatic rings. The number of nitriles is 1. The van der Waals surface area contributed by atoms with Crippen LogP contribution in [0.3, 0.4) is 0 Å². The summed E-state index contributed by atoms with van der Waals surface area (Å²) in [6.45, 7) is 3.25. The molecule has 158 valence electrons. The fourth-order valence-corrected chi connectivity index (χ4v) is 4.21. The lowest BCUT2D eigenvalue weighted by Gasteiger charge is -2.34. The first-order chi connectivity index (χ1) is 15.1. The summed E-state index contributed by atoms with van der Waals surface area (Å²) in [6.07, 6.45) is 1.53. The molecule has 1 aliphatic heterocycles. The van der Waals surface area contributed by atoms with Crippen molar-refractivity contribution < 1.29 is 9.53 Å². The summed E-state index contributed by atoms with van der Waals surface area (Å²) in [6, 6.07) is 13.3. The molecule has 0 spiro atoms. The molecule has 1 saturated heterocycles. The van der Waals surface area contributed by atoms with E-state index < -0.39 is 5.41 Å². The molecule has 3 heterocycles. The molecule has 2 aromatic heterocycles. The van der Waals surface area contributed by atoms with Gasteiger partial charge < -0.3 is 14.5 Å². The molecule has 5 rings (SSSR count). The zero-order chi connectivity index (χ0) is 21.6. The van der Waals surface area contributed by atoms with Crippen LogP contribution in [0.2, 0.25) is 0 Å². The number of methoxy groups -OCH3 is 1. The Bertz CT molecular complexity index is 1180. The highest BCUT2D eigenvalue weighted by atomic mass is 16.5. The molecule has 3 aromatic rings. The van der Waals surface area contributed by atoms with Crippen molar-refractivity contribution in [1.29, 1.82) is 5.26 Å². The van der Waals surface area contributed by atoms with E-state index in [4.69, 9.17) is 20.1 Å². The van der Waals surface area contributed by atoms with E-state index in [9.17, 15) is 4.79 Å². The SMILES string of the molecule is COc1ccc(-c2ccc(C#N)cc2)n2nc(C3(C(=O)N4CCN(C)CC4)CC3)nc12. The minimum absolute atomic E-state index is 0.135. The van der Waals surface area contributed by atoms with Gasteiger partial charge in [-0.1, -0.05) is 12.1 Å². The Balaban J connectivity index is 1.56. The number of rotatable bonds is 4. The van der Waals surface area contributed by atoms with Gasteiger partial charge in [-0.2, -0.15) is 5.26 Å². The van der Waals surface area contributed by atoms with E-state index in [1.807, 2.05) is 29.2 Å². The van der Waals surface area contributed by atoms with Crippen LogP contribution in [0.5, 0.6) is 5.75 Å². The van der Waals surface area contributed by atoms with E-state index in [1.165, 1.54) is 0 Å². The fourth-order valence-electron chi connectivity index (χ4n) is 4.21. The first-order valence-corrected chi connectivity index (χ1v) is 10.5. The second kappa shape index (κ2) is 7.36. The monoisotopic (exact) mass is 416 g/mol. The summed E-state index contributed by atoms with van der Waals surface area (Å²) in [5.74, 6) is 1.31. The number of hydrogen-bond acceptors (Lipinski definition) is 6. The van der Waals surface area contributed by atoms with Gasteiger partial charge in [0.25, 0.3) is 0 Å². The zero-order valence-electron chi connectivity index (χ0n) is 17.7. The van der Waals surface area contributed by atoms with Gasteiger partial charge in [0, 0.05) is 31.7 Å². The quantitative estimate of drug-likeness (QED) is 0.647. The number of piperazine rings is 1. The molecule has 0 bridgehead atoms. The Morgan fingerprint density at radius 2 is 1.81 bits per heavy atom. The van der Waals surface area contributed by atoms with Crippen LogP contribution in [0.15, 0.2) is 36.4 Å². The Kier molecular flexibility index (Phi) is 4.63. The molecule has 1 aromatic carbocycles. The third kappa shape index (κ3) is 3.22. The second-order valence-electron chi connectivity index (χ2n) is 8.32. The lowest BCUT2D eigenvalue weighted by molar-refractivity contribution is -0.135. The highest BCUT2D eigenvalue weighted by Gasteiger charge is 2.56. The topological polar surface area (TPSA) is 86.8 Å². The Morgan fingerprint density at radius 3 is 2.42 bits per heavy atom. The minimum Gasteiger partial charge on any atom is -0.493 e. The normalized spacial score (nSPS) is 18.0. The van der Waals surface area contributed by atoms with E-state index in [2.05, 4.69) is 18.0 Å². The first-order valence-electron chi connectivity index (χ1n) is 10.5. The minimum atomic E-state index is -0.630. The Labute approximate surface area is 180 Å². The summed E-state index contributed by atoms with van der Waals surface area (Å²) in [5, 5.41) is 13.9. The number of pyridine rings is 1. The van der Waals surface area contributed by atoms with Gasteiger partial charge in [0.2, 0.25) is 5.91 Å². The molecule has 8 heteroatoms. The summed E-state index contributed by atoms with van der Waals surface area (Å²) >= 11 is 0. The van der Waals surface area contributed by atoms with Crippen molar-refractivity contribution in [3.63, 3.8) is 0 Å². The van der Waals surface area contributed by atoms with E-state index >= 15 is 0 Å². The van der Waals surface area contributed by atoms with Crippen LogP contribution in [-0.4, -0.2) is 70.6 Å². The van der Waals surface area contributed by atoms with Crippen LogP contribution in [-0.2, 0) is 10.2 Å². The smallest absolute Gasteiger partial charge is 0.236 e. The van der Waals surface area contributed by atoms with Gasteiger partial charge in [0.05, 0.1) is 24.4 Å². The maximum Gasteiger partial charge on any atom is 0.236 e. The predicted molar refractivity (Wildman–Crippen MR) is 115 cm³/mol. The third-order valence-electron chi connectivity index (χ3n) is 6.36. The average Bonchev–Trinajstić information content (AvgIpc) is 3.50. The summed E-state index contributed by atoms with van der Waals surface area (Å²) < 4.78 is 7.28. The largest absolute Gasteiger partial charge is 0.493 e. The molecule has 2 fully saturated rings. The number of fused-ring (bicyclic) bond motifs is 1. The number of carbonyl (C=O) groups excluding carboxylic acids is 1. The third-order valence-corrected chi connectivity index (χ3v) is 6.36. The number of aromatic nitrogens is 3. The van der Waals surface area contributed by atoms with Crippen LogP contribution >= 0.6 is 0 Å². The van der Waals surface area contributed by atoms with Crippen molar-refractivity contribution in [2.45, 2.75) is 18.3 Å². The van der Waals surface area contributed by atoms with Crippen LogP contribution in [0.1, 0.15) is 24.2 Å². The highest BCUT2D eigenvalue weighted by Crippen LogP contribution is 2.49. The summed E-state index contributed by atoms with van der Waals surface area (Å²) in [5.41, 5.74) is 2.31. The number of likely N-dealkylation sites (N-methyl/N-ethyl adjacent to an activating group) is 1. The van der Waals surface area contributed by atoms with Crippen LogP contribution in [0.4, 0.5) is 0 Å². The molecule has 0 unspecified atom stereocenters. The number of benzene rings is 1. The Hall–Kier alpha value is -3.44. The van der Waals surface area contributed by atoms with Gasteiger partial charge >= 0.3 is 0 Å². The predicted octanol–water partition coefficient (Wildman–Crippen LogP) is 2.08. The molecule has 31 heavy (non-hydrogen) atoms. The maximum absolute atomic E-state index is 13.4. The molecule has 0 N–H and O–H groups in total. The molecular weight excluding hydrogens is 392 g/mol. The van der Waals surface area contributed by atoms with Crippen molar-refractivity contribution in [2.24, 2.45) is 0 Å². The highest BCUT2D eigenvalue weighted by molar-refractivity contribution is 5.90. The molecular formula is C23H24N6O2. The fraction of sp³-hybridized carbons (Fsp3) is 0.391. The molecule has 0 radical (unpaired) electrons.